The monoisotopic (exact) mass is 324 g/mol. The quantitative estimate of drug-likeness (QED) is 0.763. The molecule has 0 saturated heterocycles. The standard InChI is InChI=1S/C19H17FN2O2/c1-11-4-6-17(12(2)8-11)21-19(24)16-10-22(13(3)23)18-7-5-14(20)9-15(16)18/h4-10H,1-3H3,(H,21,24). The number of hydrogen-bond acceptors (Lipinski definition) is 2. The summed E-state index contributed by atoms with van der Waals surface area (Å²) in [7, 11) is 0. The molecule has 4 nitrogen and oxygen atoms in total. The zero-order chi connectivity index (χ0) is 17.4. The number of nitrogens with one attached hydrogen (secondary N) is 1. The molecular weight excluding hydrogens is 307 g/mol. The Morgan fingerprint density at radius 1 is 1.08 bits per heavy atom. The normalized spacial score (nSPS) is 10.8. The van der Waals surface area contributed by atoms with Crippen molar-refractivity contribution in [2.75, 3.05) is 5.32 Å². The number of nitrogens with zero attached hydrogens (tertiary/aromatic N) is 1. The minimum absolute atomic E-state index is 0.239. The van der Waals surface area contributed by atoms with E-state index in [4.69, 9.17) is 0 Å². The summed E-state index contributed by atoms with van der Waals surface area (Å²) in [6.07, 6.45) is 1.45. The lowest BCUT2D eigenvalue weighted by molar-refractivity contribution is 0.0941. The molecule has 0 aliphatic heterocycles. The van der Waals surface area contributed by atoms with E-state index in [0.717, 1.165) is 11.1 Å². The Labute approximate surface area is 138 Å². The maximum absolute atomic E-state index is 13.6. The molecule has 3 aromatic rings. The van der Waals surface area contributed by atoms with E-state index in [1.54, 1.807) is 0 Å². The Kier molecular flexibility index (Phi) is 3.93. The summed E-state index contributed by atoms with van der Waals surface area (Å²) in [6.45, 7) is 5.28. The van der Waals surface area contributed by atoms with Gasteiger partial charge in [0, 0.05) is 24.2 Å². The van der Waals surface area contributed by atoms with Crippen LogP contribution in [0.1, 0.15) is 33.2 Å². The lowest BCUT2D eigenvalue weighted by Gasteiger charge is -2.08. The van der Waals surface area contributed by atoms with Crippen LogP contribution >= 0.6 is 0 Å². The number of carbonyl (C=O) groups is 2. The van der Waals surface area contributed by atoms with E-state index in [2.05, 4.69) is 5.32 Å². The van der Waals surface area contributed by atoms with Gasteiger partial charge in [-0.2, -0.15) is 0 Å². The van der Waals surface area contributed by atoms with Gasteiger partial charge < -0.3 is 5.32 Å². The molecule has 3 rings (SSSR count). The van der Waals surface area contributed by atoms with Crippen LogP contribution in [0, 0.1) is 19.7 Å². The lowest BCUT2D eigenvalue weighted by atomic mass is 10.1. The summed E-state index contributed by atoms with van der Waals surface area (Å²) in [5.74, 6) is -1.07. The van der Waals surface area contributed by atoms with Crippen molar-refractivity contribution in [2.45, 2.75) is 20.8 Å². The molecule has 1 aromatic heterocycles. The van der Waals surface area contributed by atoms with Gasteiger partial charge in [0.25, 0.3) is 5.91 Å². The number of halogens is 1. The number of carbonyl (C=O) groups excluding carboxylic acids is 2. The molecule has 1 amide bonds. The molecule has 0 aliphatic carbocycles. The molecule has 0 saturated carbocycles. The molecule has 24 heavy (non-hydrogen) atoms. The predicted molar refractivity (Wildman–Crippen MR) is 92.1 cm³/mol. The lowest BCUT2D eigenvalue weighted by Crippen LogP contribution is -2.13. The molecule has 1 heterocycles. The van der Waals surface area contributed by atoms with E-state index in [1.165, 1.54) is 35.9 Å². The molecule has 0 aliphatic rings. The Balaban J connectivity index is 2.06. The van der Waals surface area contributed by atoms with Crippen molar-refractivity contribution in [1.82, 2.24) is 4.57 Å². The van der Waals surface area contributed by atoms with E-state index in [1.807, 2.05) is 32.0 Å². The van der Waals surface area contributed by atoms with E-state index < -0.39 is 5.82 Å². The number of anilines is 1. The van der Waals surface area contributed by atoms with E-state index in [-0.39, 0.29) is 17.4 Å². The highest BCUT2D eigenvalue weighted by Gasteiger charge is 2.18. The highest BCUT2D eigenvalue weighted by Crippen LogP contribution is 2.24. The van der Waals surface area contributed by atoms with Crippen LogP contribution in [0.3, 0.4) is 0 Å². The molecule has 0 bridgehead atoms. The molecule has 5 heteroatoms. The van der Waals surface area contributed by atoms with Gasteiger partial charge in [0.1, 0.15) is 5.82 Å². The van der Waals surface area contributed by atoms with Gasteiger partial charge in [0.05, 0.1) is 11.1 Å². The first kappa shape index (κ1) is 15.9. The van der Waals surface area contributed by atoms with Crippen molar-refractivity contribution in [3.63, 3.8) is 0 Å². The molecule has 122 valence electrons. The molecule has 2 aromatic carbocycles. The van der Waals surface area contributed by atoms with Crippen LogP contribution in [0.4, 0.5) is 10.1 Å². The summed E-state index contributed by atoms with van der Waals surface area (Å²) >= 11 is 0. The third-order valence-electron chi connectivity index (χ3n) is 3.98. The second-order valence-electron chi connectivity index (χ2n) is 5.87. The first-order valence-corrected chi connectivity index (χ1v) is 7.57. The third-order valence-corrected chi connectivity index (χ3v) is 3.98. The molecule has 0 atom stereocenters. The van der Waals surface area contributed by atoms with Crippen molar-refractivity contribution in [3.05, 3.63) is 65.1 Å². The van der Waals surface area contributed by atoms with Crippen molar-refractivity contribution in [1.29, 1.82) is 0 Å². The highest BCUT2D eigenvalue weighted by molar-refractivity contribution is 6.14. The van der Waals surface area contributed by atoms with Crippen LogP contribution in [0.15, 0.2) is 42.6 Å². The third kappa shape index (κ3) is 2.80. The molecular formula is C19H17FN2O2. The van der Waals surface area contributed by atoms with Gasteiger partial charge in [0.15, 0.2) is 0 Å². The number of aryl methyl sites for hydroxylation is 2. The average molecular weight is 324 g/mol. The Morgan fingerprint density at radius 3 is 2.50 bits per heavy atom. The maximum Gasteiger partial charge on any atom is 0.257 e. The summed E-state index contributed by atoms with van der Waals surface area (Å²) in [6, 6.07) is 9.74. The SMILES string of the molecule is CC(=O)n1cc(C(=O)Nc2ccc(C)cc2C)c2cc(F)ccc21. The van der Waals surface area contributed by atoms with Gasteiger partial charge in [-0.05, 0) is 43.7 Å². The summed E-state index contributed by atoms with van der Waals surface area (Å²) in [5, 5.41) is 3.24. The van der Waals surface area contributed by atoms with Gasteiger partial charge >= 0.3 is 0 Å². The maximum atomic E-state index is 13.6. The Bertz CT molecular complexity index is 973. The topological polar surface area (TPSA) is 51.1 Å². The van der Waals surface area contributed by atoms with Crippen LogP contribution in [-0.4, -0.2) is 16.4 Å². The summed E-state index contributed by atoms with van der Waals surface area (Å²) in [5.41, 5.74) is 3.49. The van der Waals surface area contributed by atoms with E-state index in [0.29, 0.717) is 16.6 Å². The van der Waals surface area contributed by atoms with Crippen molar-refractivity contribution in [2.24, 2.45) is 0 Å². The van der Waals surface area contributed by atoms with Crippen LogP contribution in [0.5, 0.6) is 0 Å². The minimum Gasteiger partial charge on any atom is -0.322 e. The van der Waals surface area contributed by atoms with Gasteiger partial charge in [-0.3, -0.25) is 14.2 Å². The highest BCUT2D eigenvalue weighted by atomic mass is 19.1. The number of hydrogen-bond donors (Lipinski definition) is 1. The number of amides is 1. The van der Waals surface area contributed by atoms with Gasteiger partial charge in [-0.25, -0.2) is 4.39 Å². The van der Waals surface area contributed by atoms with Crippen molar-refractivity contribution >= 4 is 28.4 Å². The fourth-order valence-electron chi connectivity index (χ4n) is 2.79. The first-order chi connectivity index (χ1) is 11.4. The zero-order valence-electron chi connectivity index (χ0n) is 13.7. The number of benzene rings is 2. The van der Waals surface area contributed by atoms with Gasteiger partial charge in [-0.15, -0.1) is 0 Å². The molecule has 0 spiro atoms. The summed E-state index contributed by atoms with van der Waals surface area (Å²) < 4.78 is 15.0. The largest absolute Gasteiger partial charge is 0.322 e. The van der Waals surface area contributed by atoms with Gasteiger partial charge in [0.2, 0.25) is 5.91 Å². The first-order valence-electron chi connectivity index (χ1n) is 7.57. The predicted octanol–water partition coefficient (Wildman–Crippen LogP) is 4.31. The van der Waals surface area contributed by atoms with Crippen molar-refractivity contribution < 1.29 is 14.0 Å². The molecule has 1 N–H and O–H groups in total. The fourth-order valence-corrected chi connectivity index (χ4v) is 2.79. The Morgan fingerprint density at radius 2 is 1.83 bits per heavy atom. The molecule has 0 fully saturated rings. The summed E-state index contributed by atoms with van der Waals surface area (Å²) in [4.78, 5) is 24.4. The smallest absolute Gasteiger partial charge is 0.257 e. The fraction of sp³-hybridized carbons (Fsp3) is 0.158. The van der Waals surface area contributed by atoms with Crippen molar-refractivity contribution in [3.8, 4) is 0 Å². The number of aromatic nitrogens is 1. The van der Waals surface area contributed by atoms with Crippen LogP contribution in [0.25, 0.3) is 10.9 Å². The zero-order valence-corrected chi connectivity index (χ0v) is 13.7. The number of rotatable bonds is 2. The van der Waals surface area contributed by atoms with Crippen LogP contribution in [0.2, 0.25) is 0 Å². The molecule has 0 radical (unpaired) electrons. The molecule has 0 unspecified atom stereocenters. The van der Waals surface area contributed by atoms with Crippen LogP contribution in [-0.2, 0) is 0 Å². The second kappa shape index (κ2) is 5.92. The van der Waals surface area contributed by atoms with E-state index in [9.17, 15) is 14.0 Å². The van der Waals surface area contributed by atoms with Crippen LogP contribution < -0.4 is 5.32 Å². The number of fused-ring (bicyclic) bond motifs is 1. The van der Waals surface area contributed by atoms with E-state index >= 15 is 0 Å². The second-order valence-corrected chi connectivity index (χ2v) is 5.87. The average Bonchev–Trinajstić information content (AvgIpc) is 2.89. The minimum atomic E-state index is -0.454. The Hall–Kier alpha value is -2.95. The van der Waals surface area contributed by atoms with Gasteiger partial charge in [-0.1, -0.05) is 17.7 Å².